The van der Waals surface area contributed by atoms with E-state index in [1.165, 1.54) is 0 Å². The molecule has 0 radical (unpaired) electrons. The van der Waals surface area contributed by atoms with Crippen molar-refractivity contribution in [3.63, 3.8) is 0 Å². The van der Waals surface area contributed by atoms with Crippen molar-refractivity contribution < 1.29 is 0 Å². The summed E-state index contributed by atoms with van der Waals surface area (Å²) in [5.41, 5.74) is 7.20. The molecule has 68 valence electrons. The number of nitrogens with zero attached hydrogens (tertiary/aromatic N) is 2. The molecule has 13 heavy (non-hydrogen) atoms. The average Bonchev–Trinajstić information content (AvgIpc) is 2.42. The van der Waals surface area contributed by atoms with Crippen LogP contribution in [0, 0.1) is 0 Å². The van der Waals surface area contributed by atoms with Gasteiger partial charge < -0.3 is 5.73 Å². The summed E-state index contributed by atoms with van der Waals surface area (Å²) in [6.45, 7) is 2.77. The summed E-state index contributed by atoms with van der Waals surface area (Å²) in [5, 5.41) is 5.93. The largest absolute Gasteiger partial charge is 0.399 e. The van der Waals surface area contributed by atoms with E-state index < -0.39 is 0 Å². The minimum atomic E-state index is 0.678. The van der Waals surface area contributed by atoms with E-state index in [0.29, 0.717) is 10.8 Å². The molecule has 0 spiro atoms. The van der Waals surface area contributed by atoms with Crippen molar-refractivity contribution in [3.05, 3.63) is 23.4 Å². The highest BCUT2D eigenvalue weighted by atomic mass is 35.5. The fourth-order valence-corrected chi connectivity index (χ4v) is 1.65. The van der Waals surface area contributed by atoms with Gasteiger partial charge >= 0.3 is 0 Å². The van der Waals surface area contributed by atoms with Crippen molar-refractivity contribution in [2.45, 2.75) is 13.5 Å². The van der Waals surface area contributed by atoms with Crippen molar-refractivity contribution in [2.75, 3.05) is 5.73 Å². The Labute approximate surface area is 81.1 Å². The molecule has 0 aliphatic heterocycles. The number of hydrogen-bond donors (Lipinski definition) is 1. The van der Waals surface area contributed by atoms with Gasteiger partial charge in [0.1, 0.15) is 5.15 Å². The lowest BCUT2D eigenvalue weighted by Gasteiger charge is -1.94. The van der Waals surface area contributed by atoms with Crippen molar-refractivity contribution in [3.8, 4) is 0 Å². The summed E-state index contributed by atoms with van der Waals surface area (Å²) in [6.07, 6.45) is 0. The summed E-state index contributed by atoms with van der Waals surface area (Å²) < 4.78 is 1.76. The third kappa shape index (κ3) is 1.25. The van der Waals surface area contributed by atoms with Crippen LogP contribution in [0.5, 0.6) is 0 Å². The average molecular weight is 196 g/mol. The lowest BCUT2D eigenvalue weighted by atomic mass is 10.2. The number of aromatic nitrogens is 2. The highest BCUT2D eigenvalue weighted by Crippen LogP contribution is 2.24. The van der Waals surface area contributed by atoms with Crippen molar-refractivity contribution >= 4 is 28.2 Å². The molecule has 3 nitrogen and oxygen atoms in total. The summed E-state index contributed by atoms with van der Waals surface area (Å²) in [6, 6.07) is 5.55. The van der Waals surface area contributed by atoms with Crippen LogP contribution in [0.1, 0.15) is 6.92 Å². The predicted octanol–water partition coefficient (Wildman–Crippen LogP) is 2.29. The van der Waals surface area contributed by atoms with Gasteiger partial charge in [0.25, 0.3) is 0 Å². The molecule has 0 fully saturated rings. The first-order chi connectivity index (χ1) is 6.22. The number of hydrogen-bond acceptors (Lipinski definition) is 2. The Morgan fingerprint density at radius 1 is 1.54 bits per heavy atom. The van der Waals surface area contributed by atoms with Gasteiger partial charge in [0, 0.05) is 17.6 Å². The molecule has 2 N–H and O–H groups in total. The third-order valence-corrected chi connectivity index (χ3v) is 2.40. The highest BCUT2D eigenvalue weighted by molar-refractivity contribution is 6.34. The lowest BCUT2D eigenvalue weighted by Crippen LogP contribution is -1.94. The third-order valence-electron chi connectivity index (χ3n) is 2.00. The molecule has 2 rings (SSSR count). The zero-order valence-electron chi connectivity index (χ0n) is 7.29. The Morgan fingerprint density at radius 3 is 3.00 bits per heavy atom. The minimum absolute atomic E-state index is 0.678. The Kier molecular flexibility index (Phi) is 1.88. The Balaban J connectivity index is 2.76. The fourth-order valence-electron chi connectivity index (χ4n) is 1.33. The summed E-state index contributed by atoms with van der Waals surface area (Å²) >= 11 is 6.07. The van der Waals surface area contributed by atoms with Crippen LogP contribution in [0.3, 0.4) is 0 Å². The quantitative estimate of drug-likeness (QED) is 0.710. The van der Waals surface area contributed by atoms with Crippen LogP contribution in [0.4, 0.5) is 5.69 Å². The number of halogens is 1. The monoisotopic (exact) mass is 195 g/mol. The number of benzene rings is 1. The highest BCUT2D eigenvalue weighted by Gasteiger charge is 2.06. The molecule has 0 atom stereocenters. The van der Waals surface area contributed by atoms with Crippen molar-refractivity contribution in [1.29, 1.82) is 0 Å². The van der Waals surface area contributed by atoms with Gasteiger partial charge in [-0.05, 0) is 25.1 Å². The maximum absolute atomic E-state index is 6.07. The molecular formula is C9H10ClN3. The molecule has 0 saturated carbocycles. The van der Waals surface area contributed by atoms with Gasteiger partial charge in [-0.1, -0.05) is 11.6 Å². The number of aryl methyl sites for hydroxylation is 1. The molecule has 0 unspecified atom stereocenters. The maximum Gasteiger partial charge on any atom is 0.134 e. The van der Waals surface area contributed by atoms with Gasteiger partial charge in [-0.3, -0.25) is 4.68 Å². The van der Waals surface area contributed by atoms with Gasteiger partial charge in [0.15, 0.2) is 0 Å². The lowest BCUT2D eigenvalue weighted by molar-refractivity contribution is 0.669. The number of anilines is 1. The summed E-state index contributed by atoms with van der Waals surface area (Å²) in [7, 11) is 0. The van der Waals surface area contributed by atoms with Crippen LogP contribution in [0.2, 0.25) is 5.15 Å². The molecule has 1 aromatic heterocycles. The zero-order valence-corrected chi connectivity index (χ0v) is 8.04. The molecule has 0 saturated heterocycles. The molecule has 1 aromatic carbocycles. The Morgan fingerprint density at radius 2 is 2.31 bits per heavy atom. The van der Waals surface area contributed by atoms with E-state index >= 15 is 0 Å². The van der Waals surface area contributed by atoms with Gasteiger partial charge in [-0.25, -0.2) is 0 Å². The predicted molar refractivity (Wildman–Crippen MR) is 54.8 cm³/mol. The van der Waals surface area contributed by atoms with E-state index in [9.17, 15) is 0 Å². The van der Waals surface area contributed by atoms with E-state index in [2.05, 4.69) is 5.10 Å². The number of nitrogens with two attached hydrogens (primary N) is 1. The number of rotatable bonds is 1. The Bertz CT molecular complexity index is 447. The maximum atomic E-state index is 6.07. The molecule has 0 bridgehead atoms. The van der Waals surface area contributed by atoms with Crippen LogP contribution in [0.25, 0.3) is 10.9 Å². The fraction of sp³-hybridized carbons (Fsp3) is 0.222. The van der Waals surface area contributed by atoms with E-state index in [1.54, 1.807) is 4.68 Å². The van der Waals surface area contributed by atoms with E-state index in [4.69, 9.17) is 17.3 Å². The van der Waals surface area contributed by atoms with Crippen LogP contribution in [-0.4, -0.2) is 9.78 Å². The molecule has 0 amide bonds. The summed E-state index contributed by atoms with van der Waals surface area (Å²) in [4.78, 5) is 0. The van der Waals surface area contributed by atoms with Gasteiger partial charge in [-0.15, -0.1) is 0 Å². The smallest absolute Gasteiger partial charge is 0.134 e. The van der Waals surface area contributed by atoms with E-state index in [1.807, 2.05) is 25.1 Å². The molecule has 4 heteroatoms. The Hall–Kier alpha value is -1.22. The second kappa shape index (κ2) is 2.92. The SMILES string of the molecule is CCn1nc2cc(N)ccc2c1Cl. The van der Waals surface area contributed by atoms with Gasteiger partial charge in [0.05, 0.1) is 5.52 Å². The molecule has 0 aliphatic carbocycles. The van der Waals surface area contributed by atoms with Gasteiger partial charge in [0.2, 0.25) is 0 Å². The number of nitrogen functional groups attached to an aromatic ring is 1. The number of fused-ring (bicyclic) bond motifs is 1. The molecular weight excluding hydrogens is 186 g/mol. The molecule has 1 heterocycles. The molecule has 0 aliphatic rings. The van der Waals surface area contributed by atoms with Crippen molar-refractivity contribution in [2.24, 2.45) is 0 Å². The first-order valence-electron chi connectivity index (χ1n) is 4.14. The minimum Gasteiger partial charge on any atom is -0.399 e. The van der Waals surface area contributed by atoms with E-state index in [0.717, 1.165) is 17.4 Å². The zero-order chi connectivity index (χ0) is 9.42. The second-order valence-electron chi connectivity index (χ2n) is 2.88. The van der Waals surface area contributed by atoms with E-state index in [-0.39, 0.29) is 0 Å². The molecule has 2 aromatic rings. The normalized spacial score (nSPS) is 10.9. The second-order valence-corrected chi connectivity index (χ2v) is 3.24. The van der Waals surface area contributed by atoms with Crippen LogP contribution in [0.15, 0.2) is 18.2 Å². The van der Waals surface area contributed by atoms with Crippen LogP contribution in [-0.2, 0) is 6.54 Å². The first kappa shape index (κ1) is 8.38. The van der Waals surface area contributed by atoms with Crippen LogP contribution < -0.4 is 5.73 Å². The summed E-state index contributed by atoms with van der Waals surface area (Å²) in [5.74, 6) is 0. The van der Waals surface area contributed by atoms with Crippen molar-refractivity contribution in [1.82, 2.24) is 9.78 Å². The van der Waals surface area contributed by atoms with Gasteiger partial charge in [-0.2, -0.15) is 5.10 Å². The van der Waals surface area contributed by atoms with Crippen LogP contribution >= 0.6 is 11.6 Å². The standard InChI is InChI=1S/C9H10ClN3/c1-2-13-9(10)7-4-3-6(11)5-8(7)12-13/h3-5H,2,11H2,1H3. The first-order valence-corrected chi connectivity index (χ1v) is 4.51. The topological polar surface area (TPSA) is 43.8 Å².